The second-order valence-electron chi connectivity index (χ2n) is 4.61. The number of nitrogens with one attached hydrogen (secondary N) is 1. The van der Waals surface area contributed by atoms with Gasteiger partial charge in [0, 0.05) is 25.2 Å². The second-order valence-corrected chi connectivity index (χ2v) is 4.61. The third kappa shape index (κ3) is 5.22. The summed E-state index contributed by atoms with van der Waals surface area (Å²) in [5.41, 5.74) is -0.305. The van der Waals surface area contributed by atoms with Crippen molar-refractivity contribution >= 4 is 5.91 Å². The second kappa shape index (κ2) is 6.02. The van der Waals surface area contributed by atoms with Crippen molar-refractivity contribution in [2.24, 2.45) is 5.41 Å². The fourth-order valence-corrected chi connectivity index (χ4v) is 1.04. The third-order valence-electron chi connectivity index (χ3n) is 2.18. The Balaban J connectivity index is 3.99. The predicted octanol–water partition coefficient (Wildman–Crippen LogP) is 1.96. The molecule has 0 spiro atoms. The van der Waals surface area contributed by atoms with Crippen LogP contribution in [-0.2, 0) is 9.53 Å². The molecule has 0 aromatic rings. The van der Waals surface area contributed by atoms with Gasteiger partial charge < -0.3 is 10.1 Å². The fourth-order valence-electron chi connectivity index (χ4n) is 1.04. The number of hydrogen-bond acceptors (Lipinski definition) is 2. The summed E-state index contributed by atoms with van der Waals surface area (Å²) in [6.07, 6.45) is 1.83. The molecule has 0 aromatic carbocycles. The van der Waals surface area contributed by atoms with Gasteiger partial charge in [0.25, 0.3) is 0 Å². The summed E-state index contributed by atoms with van der Waals surface area (Å²) in [5, 5.41) is 3.02. The fraction of sp³-hybridized carbons (Fsp3) is 0.909. The molecule has 3 nitrogen and oxygen atoms in total. The lowest BCUT2D eigenvalue weighted by atomic mass is 9.95. The van der Waals surface area contributed by atoms with Crippen LogP contribution in [0.15, 0.2) is 0 Å². The Morgan fingerprint density at radius 1 is 1.43 bits per heavy atom. The number of amides is 1. The van der Waals surface area contributed by atoms with E-state index in [4.69, 9.17) is 4.74 Å². The molecule has 1 unspecified atom stereocenters. The number of carbonyl (C=O) groups is 1. The summed E-state index contributed by atoms with van der Waals surface area (Å²) in [6.45, 7) is 8.54. The summed E-state index contributed by atoms with van der Waals surface area (Å²) in [7, 11) is 1.68. The summed E-state index contributed by atoms with van der Waals surface area (Å²) >= 11 is 0. The van der Waals surface area contributed by atoms with E-state index in [9.17, 15) is 4.79 Å². The smallest absolute Gasteiger partial charge is 0.225 e. The molecule has 0 fully saturated rings. The largest absolute Gasteiger partial charge is 0.385 e. The molecule has 0 aliphatic rings. The molecule has 0 radical (unpaired) electrons. The molecule has 1 atom stereocenters. The van der Waals surface area contributed by atoms with E-state index in [0.29, 0.717) is 6.61 Å². The number of hydrogen-bond donors (Lipinski definition) is 1. The molecular weight excluding hydrogens is 178 g/mol. The zero-order chi connectivity index (χ0) is 11.2. The maximum atomic E-state index is 11.6. The molecule has 0 saturated carbocycles. The van der Waals surface area contributed by atoms with Gasteiger partial charge in [-0.25, -0.2) is 0 Å². The SMILES string of the molecule is CCC(CCOC)NC(=O)C(C)(C)C. The van der Waals surface area contributed by atoms with Gasteiger partial charge in [-0.3, -0.25) is 4.79 Å². The first-order chi connectivity index (χ1) is 6.41. The average Bonchev–Trinajstić information content (AvgIpc) is 2.10. The predicted molar refractivity (Wildman–Crippen MR) is 58.2 cm³/mol. The van der Waals surface area contributed by atoms with Crippen molar-refractivity contribution in [2.75, 3.05) is 13.7 Å². The van der Waals surface area contributed by atoms with E-state index in [1.807, 2.05) is 20.8 Å². The summed E-state index contributed by atoms with van der Waals surface area (Å²) in [4.78, 5) is 11.6. The zero-order valence-corrected chi connectivity index (χ0v) is 10.0. The van der Waals surface area contributed by atoms with Crippen LogP contribution in [-0.4, -0.2) is 25.7 Å². The van der Waals surface area contributed by atoms with Gasteiger partial charge in [-0.05, 0) is 12.8 Å². The van der Waals surface area contributed by atoms with Gasteiger partial charge in [0.1, 0.15) is 0 Å². The van der Waals surface area contributed by atoms with Crippen molar-refractivity contribution < 1.29 is 9.53 Å². The number of rotatable bonds is 5. The molecule has 0 saturated heterocycles. The van der Waals surface area contributed by atoms with Crippen molar-refractivity contribution in [3.63, 3.8) is 0 Å². The van der Waals surface area contributed by atoms with Gasteiger partial charge in [-0.15, -0.1) is 0 Å². The molecule has 84 valence electrons. The minimum Gasteiger partial charge on any atom is -0.385 e. The molecule has 14 heavy (non-hydrogen) atoms. The Morgan fingerprint density at radius 2 is 2.00 bits per heavy atom. The molecule has 0 aliphatic heterocycles. The Bertz CT molecular complexity index is 173. The van der Waals surface area contributed by atoms with Crippen LogP contribution in [0.3, 0.4) is 0 Å². The number of ether oxygens (including phenoxy) is 1. The van der Waals surface area contributed by atoms with Gasteiger partial charge in [0.15, 0.2) is 0 Å². The van der Waals surface area contributed by atoms with E-state index < -0.39 is 0 Å². The number of carbonyl (C=O) groups excluding carboxylic acids is 1. The Kier molecular flexibility index (Phi) is 5.77. The first-order valence-electron chi connectivity index (χ1n) is 5.21. The summed E-state index contributed by atoms with van der Waals surface area (Å²) in [6, 6.07) is 0.238. The highest BCUT2D eigenvalue weighted by atomic mass is 16.5. The minimum atomic E-state index is -0.305. The van der Waals surface area contributed by atoms with Crippen LogP contribution < -0.4 is 5.32 Å². The molecule has 0 aliphatic carbocycles. The standard InChI is InChI=1S/C11H23NO2/c1-6-9(7-8-14-5)12-10(13)11(2,3)4/h9H,6-8H2,1-5H3,(H,12,13). The van der Waals surface area contributed by atoms with Crippen LogP contribution in [0.25, 0.3) is 0 Å². The maximum Gasteiger partial charge on any atom is 0.225 e. The van der Waals surface area contributed by atoms with Crippen LogP contribution in [0.5, 0.6) is 0 Å². The highest BCUT2D eigenvalue weighted by Gasteiger charge is 2.23. The Labute approximate surface area is 87.2 Å². The normalized spacial score (nSPS) is 13.8. The molecule has 1 N–H and O–H groups in total. The molecule has 1 amide bonds. The molecule has 0 bridgehead atoms. The van der Waals surface area contributed by atoms with E-state index in [1.54, 1.807) is 7.11 Å². The van der Waals surface area contributed by atoms with E-state index in [1.165, 1.54) is 0 Å². The van der Waals surface area contributed by atoms with Crippen LogP contribution in [0, 0.1) is 5.41 Å². The van der Waals surface area contributed by atoms with Gasteiger partial charge in [-0.1, -0.05) is 27.7 Å². The summed E-state index contributed by atoms with van der Waals surface area (Å²) < 4.78 is 4.99. The van der Waals surface area contributed by atoms with Crippen LogP contribution in [0.4, 0.5) is 0 Å². The molecule has 3 heteroatoms. The van der Waals surface area contributed by atoms with E-state index in [-0.39, 0.29) is 17.4 Å². The summed E-state index contributed by atoms with van der Waals surface area (Å²) in [5.74, 6) is 0.112. The zero-order valence-electron chi connectivity index (χ0n) is 10.0. The van der Waals surface area contributed by atoms with Crippen molar-refractivity contribution in [1.29, 1.82) is 0 Å². The molecular formula is C11H23NO2. The van der Waals surface area contributed by atoms with Crippen molar-refractivity contribution in [3.05, 3.63) is 0 Å². The lowest BCUT2D eigenvalue weighted by Crippen LogP contribution is -2.41. The van der Waals surface area contributed by atoms with Crippen molar-refractivity contribution in [3.8, 4) is 0 Å². The Hall–Kier alpha value is -0.570. The van der Waals surface area contributed by atoms with Crippen LogP contribution in [0.2, 0.25) is 0 Å². The van der Waals surface area contributed by atoms with Gasteiger partial charge >= 0.3 is 0 Å². The molecule has 0 aromatic heterocycles. The average molecular weight is 201 g/mol. The van der Waals surface area contributed by atoms with Gasteiger partial charge in [-0.2, -0.15) is 0 Å². The quantitative estimate of drug-likeness (QED) is 0.738. The highest BCUT2D eigenvalue weighted by molar-refractivity contribution is 5.81. The molecule has 0 heterocycles. The Morgan fingerprint density at radius 3 is 2.36 bits per heavy atom. The van der Waals surface area contributed by atoms with Crippen LogP contribution >= 0.6 is 0 Å². The van der Waals surface area contributed by atoms with Crippen molar-refractivity contribution in [1.82, 2.24) is 5.32 Å². The van der Waals surface area contributed by atoms with Gasteiger partial charge in [0.05, 0.1) is 0 Å². The van der Waals surface area contributed by atoms with E-state index in [2.05, 4.69) is 12.2 Å². The maximum absolute atomic E-state index is 11.6. The van der Waals surface area contributed by atoms with Crippen molar-refractivity contribution in [2.45, 2.75) is 46.6 Å². The lowest BCUT2D eigenvalue weighted by Gasteiger charge is -2.23. The number of methoxy groups -OCH3 is 1. The van der Waals surface area contributed by atoms with Crippen LogP contribution in [0.1, 0.15) is 40.5 Å². The lowest BCUT2D eigenvalue weighted by molar-refractivity contribution is -0.129. The van der Waals surface area contributed by atoms with E-state index in [0.717, 1.165) is 12.8 Å². The van der Waals surface area contributed by atoms with E-state index >= 15 is 0 Å². The molecule has 0 rings (SSSR count). The minimum absolute atomic E-state index is 0.112. The van der Waals surface area contributed by atoms with Gasteiger partial charge in [0.2, 0.25) is 5.91 Å². The first kappa shape index (κ1) is 13.4. The topological polar surface area (TPSA) is 38.3 Å². The third-order valence-corrected chi connectivity index (χ3v) is 2.18. The highest BCUT2D eigenvalue weighted by Crippen LogP contribution is 2.13. The monoisotopic (exact) mass is 201 g/mol. The first-order valence-corrected chi connectivity index (χ1v) is 5.21.